The van der Waals surface area contributed by atoms with Gasteiger partial charge >= 0.3 is 0 Å². The second-order valence-electron chi connectivity index (χ2n) is 4.57. The lowest BCUT2D eigenvalue weighted by Gasteiger charge is -2.31. The minimum atomic E-state index is -1.03. The largest absolute Gasteiger partial charge is 0.369 e. The van der Waals surface area contributed by atoms with Crippen molar-refractivity contribution in [2.45, 2.75) is 44.9 Å². The maximum Gasteiger partial charge on any atom is 0.228 e. The molecule has 2 N–H and O–H groups in total. The van der Waals surface area contributed by atoms with Gasteiger partial charge in [-0.25, -0.2) is 8.78 Å². The zero-order valence-corrected chi connectivity index (χ0v) is 10.8. The van der Waals surface area contributed by atoms with E-state index in [1.807, 2.05) is 13.8 Å². The van der Waals surface area contributed by atoms with Crippen molar-refractivity contribution in [1.82, 2.24) is 0 Å². The molecule has 0 radical (unpaired) electrons. The molecule has 1 aromatic carbocycles. The second kappa shape index (κ2) is 5.94. The first-order chi connectivity index (χ1) is 8.47. The average Bonchev–Trinajstić information content (AvgIpc) is 2.28. The van der Waals surface area contributed by atoms with E-state index in [2.05, 4.69) is 0 Å². The van der Waals surface area contributed by atoms with Gasteiger partial charge in [-0.1, -0.05) is 32.8 Å². The topological polar surface area (TPSA) is 43.1 Å². The van der Waals surface area contributed by atoms with E-state index in [9.17, 15) is 13.6 Å². The van der Waals surface area contributed by atoms with Crippen LogP contribution in [0.5, 0.6) is 0 Å². The molecule has 1 aromatic rings. The fourth-order valence-corrected chi connectivity index (χ4v) is 2.50. The zero-order valence-electron chi connectivity index (χ0n) is 10.8. The standard InChI is InChI=1S/C14H19F2NO/c1-3-7-14(8-4-2,13(17)18)11-6-5-10(15)9-12(11)16/h5-6,9H,3-4,7-8H2,1-2H3,(H2,17,18). The molecule has 2 nitrogen and oxygen atoms in total. The van der Waals surface area contributed by atoms with E-state index in [-0.39, 0.29) is 5.56 Å². The van der Waals surface area contributed by atoms with Crippen molar-refractivity contribution < 1.29 is 13.6 Å². The van der Waals surface area contributed by atoms with Crippen molar-refractivity contribution in [3.05, 3.63) is 35.4 Å². The molecule has 100 valence electrons. The number of halogens is 2. The van der Waals surface area contributed by atoms with E-state index in [0.29, 0.717) is 25.7 Å². The molecule has 1 rings (SSSR count). The average molecular weight is 255 g/mol. The van der Waals surface area contributed by atoms with Crippen LogP contribution in [0.4, 0.5) is 8.78 Å². The highest BCUT2D eigenvalue weighted by Crippen LogP contribution is 2.36. The van der Waals surface area contributed by atoms with Gasteiger partial charge in [-0.3, -0.25) is 4.79 Å². The molecule has 0 unspecified atom stereocenters. The number of hydrogen-bond donors (Lipinski definition) is 1. The molecule has 1 amide bonds. The summed E-state index contributed by atoms with van der Waals surface area (Å²) in [5, 5.41) is 0. The molecule has 4 heteroatoms. The van der Waals surface area contributed by atoms with E-state index in [1.165, 1.54) is 12.1 Å². The lowest BCUT2D eigenvalue weighted by Crippen LogP contribution is -2.42. The van der Waals surface area contributed by atoms with Crippen LogP contribution >= 0.6 is 0 Å². The van der Waals surface area contributed by atoms with Gasteiger partial charge in [0.2, 0.25) is 5.91 Å². The van der Waals surface area contributed by atoms with Crippen molar-refractivity contribution in [3.8, 4) is 0 Å². The molecule has 0 saturated carbocycles. The Hall–Kier alpha value is -1.45. The summed E-state index contributed by atoms with van der Waals surface area (Å²) in [7, 11) is 0. The van der Waals surface area contributed by atoms with E-state index in [4.69, 9.17) is 5.73 Å². The van der Waals surface area contributed by atoms with E-state index in [1.54, 1.807) is 0 Å². The van der Waals surface area contributed by atoms with Gasteiger partial charge in [0.05, 0.1) is 5.41 Å². The van der Waals surface area contributed by atoms with E-state index >= 15 is 0 Å². The third-order valence-electron chi connectivity index (χ3n) is 3.27. The fourth-order valence-electron chi connectivity index (χ4n) is 2.50. The van der Waals surface area contributed by atoms with Gasteiger partial charge in [-0.2, -0.15) is 0 Å². The normalized spacial score (nSPS) is 11.6. The van der Waals surface area contributed by atoms with Crippen LogP contribution in [-0.2, 0) is 10.2 Å². The van der Waals surface area contributed by atoms with Gasteiger partial charge in [-0.15, -0.1) is 0 Å². The van der Waals surface area contributed by atoms with Gasteiger partial charge in [0.1, 0.15) is 11.6 Å². The van der Waals surface area contributed by atoms with Gasteiger partial charge in [0, 0.05) is 11.6 Å². The molecule has 0 aliphatic heterocycles. The van der Waals surface area contributed by atoms with Crippen LogP contribution in [0.15, 0.2) is 18.2 Å². The van der Waals surface area contributed by atoms with Crippen molar-refractivity contribution in [3.63, 3.8) is 0 Å². The highest BCUT2D eigenvalue weighted by atomic mass is 19.1. The van der Waals surface area contributed by atoms with Crippen LogP contribution in [0, 0.1) is 11.6 Å². The van der Waals surface area contributed by atoms with Crippen LogP contribution < -0.4 is 5.73 Å². The zero-order chi connectivity index (χ0) is 13.8. The minimum Gasteiger partial charge on any atom is -0.369 e. The Morgan fingerprint density at radius 3 is 2.17 bits per heavy atom. The number of nitrogens with two attached hydrogens (primary N) is 1. The quantitative estimate of drug-likeness (QED) is 0.832. The minimum absolute atomic E-state index is 0.208. The smallest absolute Gasteiger partial charge is 0.228 e. The fraction of sp³-hybridized carbons (Fsp3) is 0.500. The van der Waals surface area contributed by atoms with Gasteiger partial charge < -0.3 is 5.73 Å². The first-order valence-electron chi connectivity index (χ1n) is 6.23. The Bertz CT molecular complexity index is 426. The Balaban J connectivity index is 3.35. The predicted molar refractivity (Wildman–Crippen MR) is 67.0 cm³/mol. The molecule has 0 atom stereocenters. The van der Waals surface area contributed by atoms with Crippen LogP contribution in [0.2, 0.25) is 0 Å². The molecule has 0 aliphatic carbocycles. The summed E-state index contributed by atoms with van der Waals surface area (Å²) >= 11 is 0. The number of primary amides is 1. The first kappa shape index (κ1) is 14.6. The Kier molecular flexibility index (Phi) is 4.82. The Morgan fingerprint density at radius 1 is 1.22 bits per heavy atom. The van der Waals surface area contributed by atoms with Crippen molar-refractivity contribution in [2.75, 3.05) is 0 Å². The summed E-state index contributed by atoms with van der Waals surface area (Å²) in [6.45, 7) is 3.82. The van der Waals surface area contributed by atoms with E-state index < -0.39 is 23.0 Å². The van der Waals surface area contributed by atoms with Crippen molar-refractivity contribution >= 4 is 5.91 Å². The van der Waals surface area contributed by atoms with Gasteiger partial charge in [0.25, 0.3) is 0 Å². The van der Waals surface area contributed by atoms with Crippen molar-refractivity contribution in [1.29, 1.82) is 0 Å². The number of benzene rings is 1. The van der Waals surface area contributed by atoms with Gasteiger partial charge in [0.15, 0.2) is 0 Å². The first-order valence-corrected chi connectivity index (χ1v) is 6.23. The molecule has 0 heterocycles. The van der Waals surface area contributed by atoms with Crippen LogP contribution in [-0.4, -0.2) is 5.91 Å². The van der Waals surface area contributed by atoms with Crippen LogP contribution in [0.25, 0.3) is 0 Å². The van der Waals surface area contributed by atoms with Gasteiger partial charge in [-0.05, 0) is 18.9 Å². The number of rotatable bonds is 6. The van der Waals surface area contributed by atoms with Crippen LogP contribution in [0.1, 0.15) is 45.1 Å². The number of hydrogen-bond acceptors (Lipinski definition) is 1. The summed E-state index contributed by atoms with van der Waals surface area (Å²) in [4.78, 5) is 11.8. The van der Waals surface area contributed by atoms with Crippen molar-refractivity contribution in [2.24, 2.45) is 5.73 Å². The Labute approximate surface area is 106 Å². The lowest BCUT2D eigenvalue weighted by molar-refractivity contribution is -0.124. The highest BCUT2D eigenvalue weighted by Gasteiger charge is 2.38. The maximum atomic E-state index is 13.9. The summed E-state index contributed by atoms with van der Waals surface area (Å²) in [6, 6.07) is 3.31. The third-order valence-corrected chi connectivity index (χ3v) is 3.27. The van der Waals surface area contributed by atoms with Crippen LogP contribution in [0.3, 0.4) is 0 Å². The highest BCUT2D eigenvalue weighted by molar-refractivity contribution is 5.86. The summed E-state index contributed by atoms with van der Waals surface area (Å²) in [5.41, 5.74) is 4.67. The predicted octanol–water partition coefficient (Wildman–Crippen LogP) is 3.29. The molecular weight excluding hydrogens is 236 g/mol. The monoisotopic (exact) mass is 255 g/mol. The lowest BCUT2D eigenvalue weighted by atomic mass is 9.72. The number of carbonyl (C=O) groups excluding carboxylic acids is 1. The molecular formula is C14H19F2NO. The molecule has 0 spiro atoms. The second-order valence-corrected chi connectivity index (χ2v) is 4.57. The summed E-state index contributed by atoms with van der Waals surface area (Å²) in [6.07, 6.45) is 2.36. The molecule has 0 aliphatic rings. The molecule has 0 bridgehead atoms. The SMILES string of the molecule is CCCC(CCC)(C(N)=O)c1ccc(F)cc1F. The molecule has 0 fully saturated rings. The molecule has 0 saturated heterocycles. The molecule has 18 heavy (non-hydrogen) atoms. The number of carbonyl (C=O) groups is 1. The Morgan fingerprint density at radius 2 is 1.78 bits per heavy atom. The maximum absolute atomic E-state index is 13.9. The van der Waals surface area contributed by atoms with E-state index in [0.717, 1.165) is 6.07 Å². The summed E-state index contributed by atoms with van der Waals surface area (Å²) < 4.78 is 26.9. The summed E-state index contributed by atoms with van der Waals surface area (Å²) in [5.74, 6) is -1.89. The third kappa shape index (κ3) is 2.68. The molecule has 0 aromatic heterocycles. The number of amides is 1.